The van der Waals surface area contributed by atoms with Gasteiger partial charge >= 0.3 is 0 Å². The fourth-order valence-corrected chi connectivity index (χ4v) is 5.20. The Balaban J connectivity index is 1.28. The van der Waals surface area contributed by atoms with Crippen LogP contribution in [0, 0.1) is 30.1 Å². The van der Waals surface area contributed by atoms with Crippen LogP contribution in [0.2, 0.25) is 0 Å². The summed E-state index contributed by atoms with van der Waals surface area (Å²) >= 11 is 0. The molecule has 5 heterocycles. The third-order valence-corrected chi connectivity index (χ3v) is 6.75. The van der Waals surface area contributed by atoms with Crippen LogP contribution in [0.1, 0.15) is 5.69 Å². The molecule has 1 saturated carbocycles. The molecule has 6 rings (SSSR count). The first-order valence-corrected chi connectivity index (χ1v) is 10.6. The van der Waals surface area contributed by atoms with Gasteiger partial charge in [-0.15, -0.1) is 0 Å². The minimum Gasteiger partial charge on any atom is -0.379 e. The van der Waals surface area contributed by atoms with Gasteiger partial charge in [-0.1, -0.05) is 0 Å². The number of hydrogen-bond donors (Lipinski definition) is 2. The zero-order valence-corrected chi connectivity index (χ0v) is 17.2. The molecule has 3 aromatic rings. The van der Waals surface area contributed by atoms with E-state index in [2.05, 4.69) is 36.4 Å². The first-order chi connectivity index (χ1) is 15.2. The van der Waals surface area contributed by atoms with Gasteiger partial charge in [0, 0.05) is 56.0 Å². The van der Waals surface area contributed by atoms with E-state index in [1.165, 1.54) is 0 Å². The van der Waals surface area contributed by atoms with Crippen molar-refractivity contribution in [2.75, 3.05) is 49.6 Å². The molecule has 0 spiro atoms. The zero-order valence-electron chi connectivity index (χ0n) is 17.2. The number of piperidine rings is 1. The van der Waals surface area contributed by atoms with Crippen LogP contribution in [-0.2, 0) is 4.74 Å². The van der Waals surface area contributed by atoms with Gasteiger partial charge in [-0.05, 0) is 19.1 Å². The molecule has 158 valence electrons. The molecule has 2 saturated heterocycles. The van der Waals surface area contributed by atoms with Crippen molar-refractivity contribution in [3.63, 3.8) is 0 Å². The minimum absolute atomic E-state index is 0.309. The van der Waals surface area contributed by atoms with Gasteiger partial charge in [0.15, 0.2) is 11.5 Å². The van der Waals surface area contributed by atoms with Gasteiger partial charge in [0.25, 0.3) is 0 Å². The molecule has 3 aromatic heterocycles. The molecule has 31 heavy (non-hydrogen) atoms. The second-order valence-electron chi connectivity index (χ2n) is 8.46. The normalized spacial score (nSPS) is 27.8. The molecule has 1 aliphatic carbocycles. The highest BCUT2D eigenvalue weighted by Crippen LogP contribution is 2.59. The van der Waals surface area contributed by atoms with E-state index in [-0.39, 0.29) is 5.54 Å². The maximum absolute atomic E-state index is 10.0. The number of anilines is 3. The van der Waals surface area contributed by atoms with Crippen LogP contribution in [0.5, 0.6) is 0 Å². The summed E-state index contributed by atoms with van der Waals surface area (Å²) in [6, 6.07) is 8.40. The van der Waals surface area contributed by atoms with E-state index in [9.17, 15) is 5.26 Å². The number of H-pyrrole nitrogens is 1. The molecule has 0 amide bonds. The van der Waals surface area contributed by atoms with Gasteiger partial charge in [0.05, 0.1) is 24.7 Å². The standard InChI is InChI=1S/C21H23N9O/c1-13-9-17(28-27-13)24-19-14-3-2-4-23-18(14)25-20(26-19)29-10-15-16(11-29)21(15,12-22)30-5-7-31-8-6-30/h2-4,9,15-16H,5-8,10-11H2,1H3,(H2,23,24,25,26,27,28). The third kappa shape index (κ3) is 2.85. The van der Waals surface area contributed by atoms with Gasteiger partial charge < -0.3 is 15.0 Å². The van der Waals surface area contributed by atoms with Crippen molar-refractivity contribution in [2.45, 2.75) is 12.5 Å². The number of morpholine rings is 1. The van der Waals surface area contributed by atoms with Gasteiger partial charge in [0.2, 0.25) is 5.95 Å². The maximum Gasteiger partial charge on any atom is 0.229 e. The monoisotopic (exact) mass is 417 g/mol. The molecule has 0 bridgehead atoms. The fourth-order valence-electron chi connectivity index (χ4n) is 5.20. The van der Waals surface area contributed by atoms with Crippen LogP contribution in [0.3, 0.4) is 0 Å². The Morgan fingerprint density at radius 2 is 2.06 bits per heavy atom. The summed E-state index contributed by atoms with van der Waals surface area (Å²) in [5.74, 6) is 2.64. The second kappa shape index (κ2) is 6.87. The largest absolute Gasteiger partial charge is 0.379 e. The predicted molar refractivity (Wildman–Crippen MR) is 114 cm³/mol. The summed E-state index contributed by atoms with van der Waals surface area (Å²) < 4.78 is 5.48. The van der Waals surface area contributed by atoms with E-state index < -0.39 is 0 Å². The van der Waals surface area contributed by atoms with E-state index in [1.54, 1.807) is 6.20 Å². The number of pyridine rings is 1. The van der Waals surface area contributed by atoms with Crippen LogP contribution in [0.4, 0.5) is 17.6 Å². The lowest BCUT2D eigenvalue weighted by molar-refractivity contribution is 0.0148. The number of ether oxygens (including phenoxy) is 1. The molecular formula is C21H23N9O. The van der Waals surface area contributed by atoms with E-state index in [1.807, 2.05) is 25.1 Å². The number of fused-ring (bicyclic) bond motifs is 2. The topological polar surface area (TPSA) is 119 Å². The average molecular weight is 417 g/mol. The smallest absolute Gasteiger partial charge is 0.229 e. The molecule has 2 atom stereocenters. The molecule has 10 heteroatoms. The molecule has 0 radical (unpaired) electrons. The molecule has 2 aliphatic heterocycles. The van der Waals surface area contributed by atoms with Crippen molar-refractivity contribution in [1.29, 1.82) is 5.26 Å². The van der Waals surface area contributed by atoms with Crippen LogP contribution in [0.15, 0.2) is 24.4 Å². The summed E-state index contributed by atoms with van der Waals surface area (Å²) in [5.41, 5.74) is 1.25. The van der Waals surface area contributed by atoms with Crippen LogP contribution < -0.4 is 10.2 Å². The van der Waals surface area contributed by atoms with Crippen molar-refractivity contribution >= 4 is 28.6 Å². The number of nitrogens with one attached hydrogen (secondary N) is 2. The van der Waals surface area contributed by atoms with E-state index in [0.717, 1.165) is 37.3 Å². The van der Waals surface area contributed by atoms with Crippen molar-refractivity contribution < 1.29 is 4.74 Å². The van der Waals surface area contributed by atoms with Gasteiger partial charge in [-0.25, -0.2) is 4.98 Å². The lowest BCUT2D eigenvalue weighted by Crippen LogP contribution is -2.49. The molecule has 3 aliphatic rings. The highest BCUT2D eigenvalue weighted by Gasteiger charge is 2.72. The van der Waals surface area contributed by atoms with Crippen LogP contribution in [-0.4, -0.2) is 75.0 Å². The van der Waals surface area contributed by atoms with E-state index in [0.29, 0.717) is 48.3 Å². The molecule has 10 nitrogen and oxygen atoms in total. The molecule has 2 unspecified atom stereocenters. The van der Waals surface area contributed by atoms with Gasteiger partial charge in [0.1, 0.15) is 11.4 Å². The van der Waals surface area contributed by atoms with Crippen LogP contribution >= 0.6 is 0 Å². The zero-order chi connectivity index (χ0) is 21.0. The Bertz CT molecular complexity index is 1170. The average Bonchev–Trinajstić information content (AvgIpc) is 3.11. The summed E-state index contributed by atoms with van der Waals surface area (Å²) in [5, 5.41) is 21.4. The third-order valence-electron chi connectivity index (χ3n) is 6.75. The Kier molecular flexibility index (Phi) is 4.09. The van der Waals surface area contributed by atoms with Crippen molar-refractivity contribution in [2.24, 2.45) is 11.8 Å². The van der Waals surface area contributed by atoms with Gasteiger partial charge in [-0.2, -0.15) is 20.3 Å². The molecular weight excluding hydrogens is 394 g/mol. The number of rotatable bonds is 4. The lowest BCUT2D eigenvalue weighted by Gasteiger charge is -2.34. The summed E-state index contributed by atoms with van der Waals surface area (Å²) in [4.78, 5) is 18.5. The quantitative estimate of drug-likeness (QED) is 0.650. The highest BCUT2D eigenvalue weighted by atomic mass is 16.5. The Morgan fingerprint density at radius 3 is 2.77 bits per heavy atom. The number of aromatic nitrogens is 5. The highest BCUT2D eigenvalue weighted by molar-refractivity contribution is 5.89. The van der Waals surface area contributed by atoms with Crippen molar-refractivity contribution in [3.8, 4) is 6.07 Å². The number of nitriles is 1. The molecule has 0 aromatic carbocycles. The van der Waals surface area contributed by atoms with Gasteiger partial charge in [-0.3, -0.25) is 10.00 Å². The maximum atomic E-state index is 10.0. The second-order valence-corrected chi connectivity index (χ2v) is 8.46. The number of nitrogens with zero attached hydrogens (tertiary/aromatic N) is 7. The van der Waals surface area contributed by atoms with E-state index >= 15 is 0 Å². The minimum atomic E-state index is -0.358. The SMILES string of the molecule is Cc1cc(Nc2nc(N3CC4C(C3)C4(C#N)N3CCOCC3)nc3ncccc23)n[nH]1. The first-order valence-electron chi connectivity index (χ1n) is 10.6. The molecule has 3 fully saturated rings. The summed E-state index contributed by atoms with van der Waals surface area (Å²) in [6.45, 7) is 6.56. The number of aryl methyl sites for hydroxylation is 1. The Morgan fingerprint density at radius 1 is 1.26 bits per heavy atom. The lowest BCUT2D eigenvalue weighted by atomic mass is 10.1. The molecule has 2 N–H and O–H groups in total. The predicted octanol–water partition coefficient (Wildman–Crippen LogP) is 1.46. The van der Waals surface area contributed by atoms with Crippen LogP contribution in [0.25, 0.3) is 11.0 Å². The summed E-state index contributed by atoms with van der Waals surface area (Å²) in [7, 11) is 0. The van der Waals surface area contributed by atoms with Crippen molar-refractivity contribution in [3.05, 3.63) is 30.1 Å². The van der Waals surface area contributed by atoms with Crippen molar-refractivity contribution in [1.82, 2.24) is 30.0 Å². The summed E-state index contributed by atoms with van der Waals surface area (Å²) in [6.07, 6.45) is 1.74. The number of hydrogen-bond acceptors (Lipinski definition) is 9. The first kappa shape index (κ1) is 18.5. The van der Waals surface area contributed by atoms with E-state index in [4.69, 9.17) is 14.7 Å². The number of aromatic amines is 1. The fraction of sp³-hybridized carbons (Fsp3) is 0.476. The Hall–Kier alpha value is -3.29. The Labute approximate surface area is 179 Å².